The Hall–Kier alpha value is -2.24. The first kappa shape index (κ1) is 20.0. The Morgan fingerprint density at radius 2 is 1.66 bits per heavy atom. The van der Waals surface area contributed by atoms with Crippen LogP contribution in [0.3, 0.4) is 0 Å². The number of rotatable bonds is 2. The summed E-state index contributed by atoms with van der Waals surface area (Å²) in [5.41, 5.74) is 2.76. The van der Waals surface area contributed by atoms with Gasteiger partial charge in [-0.15, -0.1) is 0 Å². The third-order valence-electron chi connectivity index (χ3n) is 5.68. The highest BCUT2D eigenvalue weighted by molar-refractivity contribution is 6.42. The van der Waals surface area contributed by atoms with Crippen LogP contribution in [0.1, 0.15) is 40.4 Å². The lowest BCUT2D eigenvalue weighted by Crippen LogP contribution is -2.43. The maximum Gasteiger partial charge on any atom is 0.317 e. The van der Waals surface area contributed by atoms with E-state index >= 15 is 0 Å². The van der Waals surface area contributed by atoms with E-state index in [9.17, 15) is 9.59 Å². The minimum atomic E-state index is -0.0945. The molecule has 1 saturated heterocycles. The lowest BCUT2D eigenvalue weighted by Gasteiger charge is -2.24. The third-order valence-corrected chi connectivity index (χ3v) is 6.52. The molecule has 1 aliphatic heterocycles. The molecule has 4 rings (SSSR count). The van der Waals surface area contributed by atoms with Gasteiger partial charge in [-0.25, -0.2) is 4.79 Å². The minimum absolute atomic E-state index is 0.0177. The molecule has 3 amide bonds. The van der Waals surface area contributed by atoms with E-state index in [1.54, 1.807) is 11.0 Å². The van der Waals surface area contributed by atoms with Gasteiger partial charge in [-0.05, 0) is 48.6 Å². The van der Waals surface area contributed by atoms with E-state index in [0.29, 0.717) is 41.8 Å². The summed E-state index contributed by atoms with van der Waals surface area (Å²) in [5.74, 6) is 0.0177. The van der Waals surface area contributed by atoms with Crippen LogP contribution in [0.4, 0.5) is 4.79 Å². The lowest BCUT2D eigenvalue weighted by molar-refractivity contribution is 0.0762. The number of benzene rings is 2. The van der Waals surface area contributed by atoms with Crippen molar-refractivity contribution < 1.29 is 9.59 Å². The molecular formula is C22H23Cl2N3O2. The van der Waals surface area contributed by atoms with Crippen molar-refractivity contribution in [3.8, 4) is 0 Å². The molecular weight excluding hydrogens is 409 g/mol. The van der Waals surface area contributed by atoms with Crippen molar-refractivity contribution in [1.29, 1.82) is 0 Å². The second kappa shape index (κ2) is 8.64. The summed E-state index contributed by atoms with van der Waals surface area (Å²) in [4.78, 5) is 29.2. The Labute approximate surface area is 180 Å². The molecule has 1 aliphatic carbocycles. The van der Waals surface area contributed by atoms with E-state index in [-0.39, 0.29) is 18.0 Å². The summed E-state index contributed by atoms with van der Waals surface area (Å²) in [6.45, 7) is 2.33. The standard InChI is InChI=1S/C22H23Cl2N3O2/c23-18-9-7-16-17(20(18)24)8-10-19(16)25-22(29)27-12-4-11-26(13-14-27)21(28)15-5-2-1-3-6-15/h1-3,5-7,9,19H,4,8,10-14H2,(H,25,29). The molecule has 2 aliphatic rings. The van der Waals surface area contributed by atoms with Gasteiger partial charge >= 0.3 is 6.03 Å². The Morgan fingerprint density at radius 3 is 2.45 bits per heavy atom. The molecule has 7 heteroatoms. The van der Waals surface area contributed by atoms with Crippen LogP contribution in [0.5, 0.6) is 0 Å². The Bertz CT molecular complexity index is 920. The van der Waals surface area contributed by atoms with Crippen molar-refractivity contribution in [2.75, 3.05) is 26.2 Å². The van der Waals surface area contributed by atoms with E-state index < -0.39 is 0 Å². The monoisotopic (exact) mass is 431 g/mol. The zero-order valence-electron chi connectivity index (χ0n) is 16.0. The molecule has 0 radical (unpaired) electrons. The maximum atomic E-state index is 12.9. The summed E-state index contributed by atoms with van der Waals surface area (Å²) < 4.78 is 0. The molecule has 2 aromatic carbocycles. The van der Waals surface area contributed by atoms with Crippen molar-refractivity contribution >= 4 is 35.1 Å². The number of urea groups is 1. The first-order chi connectivity index (χ1) is 14.0. The average Bonchev–Trinajstić information content (AvgIpc) is 2.98. The number of amides is 3. The fourth-order valence-electron chi connectivity index (χ4n) is 4.11. The second-order valence-corrected chi connectivity index (χ2v) is 8.25. The number of fused-ring (bicyclic) bond motifs is 1. The Balaban J connectivity index is 1.38. The van der Waals surface area contributed by atoms with Crippen LogP contribution in [0.25, 0.3) is 0 Å². The number of nitrogens with one attached hydrogen (secondary N) is 1. The van der Waals surface area contributed by atoms with Crippen LogP contribution in [0.15, 0.2) is 42.5 Å². The number of hydrogen-bond donors (Lipinski definition) is 1. The normalized spacial score (nSPS) is 18.9. The molecule has 0 spiro atoms. The van der Waals surface area contributed by atoms with Gasteiger partial charge in [0.2, 0.25) is 0 Å². The van der Waals surface area contributed by atoms with Crippen LogP contribution in [0, 0.1) is 0 Å². The van der Waals surface area contributed by atoms with E-state index in [2.05, 4.69) is 5.32 Å². The highest BCUT2D eigenvalue weighted by Crippen LogP contribution is 2.39. The van der Waals surface area contributed by atoms with Crippen LogP contribution < -0.4 is 5.32 Å². The maximum absolute atomic E-state index is 12.9. The molecule has 0 aromatic heterocycles. The SMILES string of the molecule is O=C(NC1CCc2c1ccc(Cl)c2Cl)N1CCCN(C(=O)c2ccccc2)CC1. The van der Waals surface area contributed by atoms with Gasteiger partial charge in [-0.3, -0.25) is 4.79 Å². The highest BCUT2D eigenvalue weighted by Gasteiger charge is 2.29. The van der Waals surface area contributed by atoms with E-state index in [0.717, 1.165) is 30.4 Å². The molecule has 5 nitrogen and oxygen atoms in total. The first-order valence-electron chi connectivity index (χ1n) is 9.91. The number of carbonyl (C=O) groups excluding carboxylic acids is 2. The molecule has 0 saturated carbocycles. The van der Waals surface area contributed by atoms with Gasteiger partial charge in [0.25, 0.3) is 5.91 Å². The third kappa shape index (κ3) is 4.21. The van der Waals surface area contributed by atoms with Crippen molar-refractivity contribution in [1.82, 2.24) is 15.1 Å². The summed E-state index contributed by atoms with van der Waals surface area (Å²) in [6.07, 6.45) is 2.38. The molecule has 152 valence electrons. The summed E-state index contributed by atoms with van der Waals surface area (Å²) >= 11 is 12.4. The molecule has 1 heterocycles. The quantitative estimate of drug-likeness (QED) is 0.758. The largest absolute Gasteiger partial charge is 0.337 e. The predicted molar refractivity (Wildman–Crippen MR) is 115 cm³/mol. The minimum Gasteiger partial charge on any atom is -0.337 e. The Kier molecular flexibility index (Phi) is 5.97. The molecule has 29 heavy (non-hydrogen) atoms. The predicted octanol–water partition coefficient (Wildman–Crippen LogP) is 4.54. The Morgan fingerprint density at radius 1 is 0.931 bits per heavy atom. The smallest absolute Gasteiger partial charge is 0.317 e. The second-order valence-electron chi connectivity index (χ2n) is 7.47. The zero-order chi connectivity index (χ0) is 20.4. The number of carbonyl (C=O) groups is 2. The number of halogens is 2. The van der Waals surface area contributed by atoms with E-state index in [1.165, 1.54) is 0 Å². The van der Waals surface area contributed by atoms with Gasteiger partial charge in [0.1, 0.15) is 0 Å². The fourth-order valence-corrected chi connectivity index (χ4v) is 4.55. The fraction of sp³-hybridized carbons (Fsp3) is 0.364. The van der Waals surface area contributed by atoms with Crippen LogP contribution in [0.2, 0.25) is 10.0 Å². The first-order valence-corrected chi connectivity index (χ1v) is 10.7. The molecule has 0 bridgehead atoms. The summed E-state index contributed by atoms with van der Waals surface area (Å²) in [5, 5.41) is 4.27. The molecule has 1 atom stereocenters. The molecule has 2 aromatic rings. The van der Waals surface area contributed by atoms with Crippen molar-refractivity contribution in [3.63, 3.8) is 0 Å². The van der Waals surface area contributed by atoms with Gasteiger partial charge < -0.3 is 15.1 Å². The molecule has 1 N–H and O–H groups in total. The number of nitrogens with zero attached hydrogens (tertiary/aromatic N) is 2. The van der Waals surface area contributed by atoms with Crippen LogP contribution in [-0.4, -0.2) is 47.9 Å². The van der Waals surface area contributed by atoms with Crippen molar-refractivity contribution in [3.05, 3.63) is 69.2 Å². The number of hydrogen-bond acceptors (Lipinski definition) is 2. The van der Waals surface area contributed by atoms with Crippen LogP contribution in [-0.2, 0) is 6.42 Å². The van der Waals surface area contributed by atoms with Gasteiger partial charge in [0.05, 0.1) is 16.1 Å². The summed E-state index contributed by atoms with van der Waals surface area (Å²) in [7, 11) is 0. The van der Waals surface area contributed by atoms with E-state index in [1.807, 2.05) is 41.3 Å². The van der Waals surface area contributed by atoms with Crippen molar-refractivity contribution in [2.45, 2.75) is 25.3 Å². The van der Waals surface area contributed by atoms with Gasteiger partial charge in [0.15, 0.2) is 0 Å². The molecule has 1 fully saturated rings. The van der Waals surface area contributed by atoms with E-state index in [4.69, 9.17) is 23.2 Å². The van der Waals surface area contributed by atoms with Crippen molar-refractivity contribution in [2.24, 2.45) is 0 Å². The zero-order valence-corrected chi connectivity index (χ0v) is 17.5. The topological polar surface area (TPSA) is 52.7 Å². The lowest BCUT2D eigenvalue weighted by atomic mass is 10.1. The molecule has 1 unspecified atom stereocenters. The van der Waals surface area contributed by atoms with Gasteiger partial charge in [-0.1, -0.05) is 47.5 Å². The highest BCUT2D eigenvalue weighted by atomic mass is 35.5. The van der Waals surface area contributed by atoms with Crippen LogP contribution >= 0.6 is 23.2 Å². The average molecular weight is 432 g/mol. The van der Waals surface area contributed by atoms with Gasteiger partial charge in [-0.2, -0.15) is 0 Å². The van der Waals surface area contributed by atoms with Gasteiger partial charge in [0, 0.05) is 31.7 Å². The summed E-state index contributed by atoms with van der Waals surface area (Å²) in [6, 6.07) is 12.9.